The number of hydrogen-bond donors (Lipinski definition) is 2. The van der Waals surface area contributed by atoms with Crippen LogP contribution in [0.5, 0.6) is 0 Å². The molecule has 6 heteroatoms. The van der Waals surface area contributed by atoms with Crippen LogP contribution in [0.2, 0.25) is 0 Å². The predicted octanol–water partition coefficient (Wildman–Crippen LogP) is 1.53. The Labute approximate surface area is 99.3 Å². The fourth-order valence-electron chi connectivity index (χ4n) is 1.57. The fourth-order valence-corrected chi connectivity index (χ4v) is 1.57. The summed E-state index contributed by atoms with van der Waals surface area (Å²) in [6.07, 6.45) is 3.91. The van der Waals surface area contributed by atoms with E-state index in [4.69, 9.17) is 10.2 Å². The highest BCUT2D eigenvalue weighted by atomic mass is 16.4. The standard InChI is InChI=1S/C11H15N5O/c1-3-8-10(12)15-6-16-11(8)14-5-9-13-4-7(2)17-9/h4,6H,3,5H2,1-2H3,(H3,12,14,15,16). The number of aryl methyl sites for hydroxylation is 1. The molecule has 0 radical (unpaired) electrons. The van der Waals surface area contributed by atoms with Gasteiger partial charge in [0.05, 0.1) is 12.7 Å². The highest BCUT2D eigenvalue weighted by Crippen LogP contribution is 2.18. The Morgan fingerprint density at radius 1 is 1.35 bits per heavy atom. The number of oxazole rings is 1. The van der Waals surface area contributed by atoms with E-state index in [1.54, 1.807) is 6.20 Å². The Hall–Kier alpha value is -2.11. The predicted molar refractivity (Wildman–Crippen MR) is 64.4 cm³/mol. The maximum absolute atomic E-state index is 5.77. The summed E-state index contributed by atoms with van der Waals surface area (Å²) in [5.41, 5.74) is 6.69. The van der Waals surface area contributed by atoms with E-state index < -0.39 is 0 Å². The number of rotatable bonds is 4. The molecule has 0 bridgehead atoms. The van der Waals surface area contributed by atoms with Crippen LogP contribution in [0.25, 0.3) is 0 Å². The summed E-state index contributed by atoms with van der Waals surface area (Å²) in [5.74, 6) is 2.66. The SMILES string of the molecule is CCc1c(N)ncnc1NCc1ncc(C)o1. The van der Waals surface area contributed by atoms with E-state index in [9.17, 15) is 0 Å². The monoisotopic (exact) mass is 233 g/mol. The van der Waals surface area contributed by atoms with E-state index in [-0.39, 0.29) is 0 Å². The normalized spacial score (nSPS) is 10.5. The molecule has 0 atom stereocenters. The van der Waals surface area contributed by atoms with E-state index >= 15 is 0 Å². The number of nitrogens with zero attached hydrogens (tertiary/aromatic N) is 3. The number of nitrogens with one attached hydrogen (secondary N) is 1. The van der Waals surface area contributed by atoms with E-state index in [2.05, 4.69) is 20.3 Å². The van der Waals surface area contributed by atoms with E-state index in [0.29, 0.717) is 18.3 Å². The van der Waals surface area contributed by atoms with Gasteiger partial charge in [0.2, 0.25) is 5.89 Å². The molecule has 0 spiro atoms. The van der Waals surface area contributed by atoms with Crippen LogP contribution in [0, 0.1) is 6.92 Å². The highest BCUT2D eigenvalue weighted by molar-refractivity contribution is 5.54. The zero-order valence-corrected chi connectivity index (χ0v) is 9.90. The van der Waals surface area contributed by atoms with Gasteiger partial charge in [-0.3, -0.25) is 0 Å². The van der Waals surface area contributed by atoms with E-state index in [1.807, 2.05) is 13.8 Å². The van der Waals surface area contributed by atoms with Crippen LogP contribution in [0.4, 0.5) is 11.6 Å². The molecule has 0 unspecified atom stereocenters. The number of aromatic nitrogens is 3. The van der Waals surface area contributed by atoms with Gasteiger partial charge in [-0.25, -0.2) is 15.0 Å². The second-order valence-corrected chi connectivity index (χ2v) is 3.66. The van der Waals surface area contributed by atoms with Crippen molar-refractivity contribution >= 4 is 11.6 Å². The van der Waals surface area contributed by atoms with Crippen molar-refractivity contribution in [1.82, 2.24) is 15.0 Å². The Balaban J connectivity index is 2.11. The van der Waals surface area contributed by atoms with Crippen LogP contribution in [-0.4, -0.2) is 15.0 Å². The Bertz CT molecular complexity index is 508. The zero-order chi connectivity index (χ0) is 12.3. The van der Waals surface area contributed by atoms with Crippen LogP contribution in [0.3, 0.4) is 0 Å². The molecule has 90 valence electrons. The zero-order valence-electron chi connectivity index (χ0n) is 9.90. The quantitative estimate of drug-likeness (QED) is 0.832. The summed E-state index contributed by atoms with van der Waals surface area (Å²) in [6.45, 7) is 4.35. The summed E-state index contributed by atoms with van der Waals surface area (Å²) in [7, 11) is 0. The molecule has 0 aliphatic carbocycles. The Morgan fingerprint density at radius 3 is 2.82 bits per heavy atom. The maximum Gasteiger partial charge on any atom is 0.213 e. The van der Waals surface area contributed by atoms with Gasteiger partial charge in [0.1, 0.15) is 23.7 Å². The smallest absolute Gasteiger partial charge is 0.213 e. The van der Waals surface area contributed by atoms with Gasteiger partial charge in [0, 0.05) is 5.56 Å². The van der Waals surface area contributed by atoms with Crippen LogP contribution in [-0.2, 0) is 13.0 Å². The molecule has 2 aromatic rings. The molecule has 0 aliphatic rings. The summed E-state index contributed by atoms with van der Waals surface area (Å²) in [6, 6.07) is 0. The molecule has 6 nitrogen and oxygen atoms in total. The van der Waals surface area contributed by atoms with Gasteiger partial charge in [-0.2, -0.15) is 0 Å². The van der Waals surface area contributed by atoms with Gasteiger partial charge >= 0.3 is 0 Å². The van der Waals surface area contributed by atoms with Gasteiger partial charge in [0.25, 0.3) is 0 Å². The molecule has 0 fully saturated rings. The average molecular weight is 233 g/mol. The van der Waals surface area contributed by atoms with Crippen molar-refractivity contribution in [3.63, 3.8) is 0 Å². The second kappa shape index (κ2) is 4.82. The molecule has 0 saturated carbocycles. The molecule has 3 N–H and O–H groups in total. The third-order valence-electron chi connectivity index (χ3n) is 2.41. The molecular formula is C11H15N5O. The average Bonchev–Trinajstić information content (AvgIpc) is 2.72. The fraction of sp³-hybridized carbons (Fsp3) is 0.364. The number of hydrogen-bond acceptors (Lipinski definition) is 6. The lowest BCUT2D eigenvalue weighted by Crippen LogP contribution is -2.08. The summed E-state index contributed by atoms with van der Waals surface area (Å²) in [5, 5.41) is 3.15. The molecular weight excluding hydrogens is 218 g/mol. The molecule has 0 amide bonds. The number of anilines is 2. The van der Waals surface area contributed by atoms with Gasteiger partial charge in [-0.15, -0.1) is 0 Å². The topological polar surface area (TPSA) is 89.9 Å². The van der Waals surface area contributed by atoms with Crippen molar-refractivity contribution in [2.24, 2.45) is 0 Å². The molecule has 0 aliphatic heterocycles. The third kappa shape index (κ3) is 2.52. The van der Waals surface area contributed by atoms with Crippen molar-refractivity contribution in [2.75, 3.05) is 11.1 Å². The Morgan fingerprint density at radius 2 is 2.18 bits per heavy atom. The first-order valence-corrected chi connectivity index (χ1v) is 5.45. The van der Waals surface area contributed by atoms with Gasteiger partial charge in [-0.1, -0.05) is 6.92 Å². The molecule has 0 saturated heterocycles. The summed E-state index contributed by atoms with van der Waals surface area (Å²) < 4.78 is 5.36. The summed E-state index contributed by atoms with van der Waals surface area (Å²) >= 11 is 0. The molecule has 2 heterocycles. The number of nitrogen functional groups attached to an aromatic ring is 1. The highest BCUT2D eigenvalue weighted by Gasteiger charge is 2.08. The maximum atomic E-state index is 5.77. The van der Waals surface area contributed by atoms with Gasteiger partial charge in [-0.05, 0) is 13.3 Å². The van der Waals surface area contributed by atoms with E-state index in [0.717, 1.165) is 23.6 Å². The van der Waals surface area contributed by atoms with Crippen molar-refractivity contribution < 1.29 is 4.42 Å². The molecule has 2 aromatic heterocycles. The van der Waals surface area contributed by atoms with E-state index in [1.165, 1.54) is 6.33 Å². The minimum atomic E-state index is 0.483. The van der Waals surface area contributed by atoms with Crippen LogP contribution < -0.4 is 11.1 Å². The van der Waals surface area contributed by atoms with Crippen molar-refractivity contribution in [3.05, 3.63) is 29.7 Å². The largest absolute Gasteiger partial charge is 0.444 e. The lowest BCUT2D eigenvalue weighted by atomic mass is 10.2. The first-order valence-electron chi connectivity index (χ1n) is 5.45. The van der Waals surface area contributed by atoms with Crippen molar-refractivity contribution in [3.8, 4) is 0 Å². The third-order valence-corrected chi connectivity index (χ3v) is 2.41. The lowest BCUT2D eigenvalue weighted by molar-refractivity contribution is 0.478. The van der Waals surface area contributed by atoms with Crippen molar-refractivity contribution in [2.45, 2.75) is 26.8 Å². The first-order chi connectivity index (χ1) is 8.20. The van der Waals surface area contributed by atoms with Crippen LogP contribution in [0.15, 0.2) is 16.9 Å². The van der Waals surface area contributed by atoms with Gasteiger partial charge in [0.15, 0.2) is 0 Å². The van der Waals surface area contributed by atoms with Gasteiger partial charge < -0.3 is 15.5 Å². The second-order valence-electron chi connectivity index (χ2n) is 3.66. The lowest BCUT2D eigenvalue weighted by Gasteiger charge is -2.09. The van der Waals surface area contributed by atoms with Crippen LogP contribution >= 0.6 is 0 Å². The van der Waals surface area contributed by atoms with Crippen LogP contribution in [0.1, 0.15) is 24.1 Å². The first kappa shape index (κ1) is 11.4. The minimum absolute atomic E-state index is 0.483. The van der Waals surface area contributed by atoms with Crippen molar-refractivity contribution in [1.29, 1.82) is 0 Å². The Kier molecular flexibility index (Phi) is 3.22. The molecule has 17 heavy (non-hydrogen) atoms. The number of nitrogens with two attached hydrogens (primary N) is 1. The molecule has 0 aromatic carbocycles. The molecule has 2 rings (SSSR count). The minimum Gasteiger partial charge on any atom is -0.444 e. The summed E-state index contributed by atoms with van der Waals surface area (Å²) in [4.78, 5) is 12.2.